The summed E-state index contributed by atoms with van der Waals surface area (Å²) in [7, 11) is 8.29. The maximum Gasteiger partial charge on any atom is 0.0387 e. The molecule has 4 heteroatoms. The van der Waals surface area contributed by atoms with E-state index in [2.05, 4.69) is 98.2 Å². The minimum atomic E-state index is -0.270. The minimum Gasteiger partial charge on any atom is -0.276 e. The van der Waals surface area contributed by atoms with Crippen LogP contribution in [0.3, 0.4) is 0 Å². The highest BCUT2D eigenvalue weighted by atomic mass is 31.1. The van der Waals surface area contributed by atoms with Crippen LogP contribution in [0.15, 0.2) is 60.7 Å². The molecule has 0 aromatic heterocycles. The Balaban J connectivity index is 2.19. The zero-order valence-corrected chi connectivity index (χ0v) is 15.8. The maximum absolute atomic E-state index is 2.37. The number of hydrogen-bond acceptors (Lipinski definition) is 2. The molecule has 0 spiro atoms. The molecular formula is C18H26N2P2. The predicted octanol–water partition coefficient (Wildman–Crippen LogP) is 3.55. The van der Waals surface area contributed by atoms with Gasteiger partial charge in [-0.05, 0) is 59.0 Å². The summed E-state index contributed by atoms with van der Waals surface area (Å²) >= 11 is 0. The fourth-order valence-electron chi connectivity index (χ4n) is 2.57. The van der Waals surface area contributed by atoms with Gasteiger partial charge in [-0.2, -0.15) is 0 Å². The minimum absolute atomic E-state index is 0.209. The average molecular weight is 332 g/mol. The normalized spacial score (nSPS) is 11.8. The summed E-state index contributed by atoms with van der Waals surface area (Å²) in [6.45, 7) is 0. The van der Waals surface area contributed by atoms with Crippen molar-refractivity contribution in [2.45, 2.75) is 0 Å². The summed E-state index contributed by atoms with van der Waals surface area (Å²) in [6, 6.07) is 22.0. The van der Waals surface area contributed by atoms with Gasteiger partial charge < -0.3 is 0 Å². The molecule has 0 heterocycles. The van der Waals surface area contributed by atoms with Gasteiger partial charge in [0.05, 0.1) is 0 Å². The van der Waals surface area contributed by atoms with Gasteiger partial charge >= 0.3 is 0 Å². The first-order valence-corrected chi connectivity index (χ1v) is 10.5. The lowest BCUT2D eigenvalue weighted by atomic mass is 10.4. The van der Waals surface area contributed by atoms with E-state index in [4.69, 9.17) is 0 Å². The van der Waals surface area contributed by atoms with Crippen molar-refractivity contribution >= 4 is 26.8 Å². The van der Waals surface area contributed by atoms with Gasteiger partial charge in [0.25, 0.3) is 0 Å². The van der Waals surface area contributed by atoms with Crippen molar-refractivity contribution in [3.05, 3.63) is 60.7 Å². The quantitative estimate of drug-likeness (QED) is 0.716. The summed E-state index contributed by atoms with van der Waals surface area (Å²) in [5, 5.41) is 2.97. The van der Waals surface area contributed by atoms with E-state index in [1.54, 1.807) is 0 Å². The molecule has 0 unspecified atom stereocenters. The molecule has 0 aliphatic rings. The molecule has 0 radical (unpaired) electrons. The van der Waals surface area contributed by atoms with Gasteiger partial charge in [0.1, 0.15) is 0 Å². The molecule has 0 aliphatic heterocycles. The first-order chi connectivity index (χ1) is 10.6. The van der Waals surface area contributed by atoms with Crippen LogP contribution in [-0.2, 0) is 0 Å². The van der Waals surface area contributed by atoms with Crippen LogP contribution in [0.4, 0.5) is 0 Å². The van der Waals surface area contributed by atoms with Gasteiger partial charge in [-0.15, -0.1) is 0 Å². The SMILES string of the molecule is CN(C)P(CCP(c1ccccc1)c1ccccc1)N(C)C. The van der Waals surface area contributed by atoms with Gasteiger partial charge in [0.15, 0.2) is 0 Å². The Hall–Kier alpha value is -0.780. The summed E-state index contributed by atoms with van der Waals surface area (Å²) in [4.78, 5) is 0. The molecule has 0 saturated carbocycles. The van der Waals surface area contributed by atoms with E-state index >= 15 is 0 Å². The van der Waals surface area contributed by atoms with E-state index in [1.807, 2.05) is 0 Å². The average Bonchev–Trinajstić information content (AvgIpc) is 2.52. The smallest absolute Gasteiger partial charge is 0.0387 e. The van der Waals surface area contributed by atoms with Crippen molar-refractivity contribution < 1.29 is 0 Å². The van der Waals surface area contributed by atoms with E-state index in [1.165, 1.54) is 22.9 Å². The first kappa shape index (κ1) is 17.6. The standard InChI is InChI=1S/C18H26N2P2/c1-19(2)22(20(3)4)16-15-21(17-11-7-5-8-12-17)18-13-9-6-10-14-18/h5-14H,15-16H2,1-4H3. The highest BCUT2D eigenvalue weighted by Crippen LogP contribution is 2.44. The summed E-state index contributed by atoms with van der Waals surface area (Å²) in [5.41, 5.74) is 0. The number of benzene rings is 2. The van der Waals surface area contributed by atoms with Gasteiger partial charge in [-0.1, -0.05) is 60.7 Å². The number of nitrogens with zero attached hydrogens (tertiary/aromatic N) is 2. The second-order valence-corrected chi connectivity index (χ2v) is 10.7. The van der Waals surface area contributed by atoms with Crippen molar-refractivity contribution in [1.29, 1.82) is 0 Å². The van der Waals surface area contributed by atoms with Gasteiger partial charge in [-0.25, -0.2) is 0 Å². The Morgan fingerprint density at radius 2 is 1.05 bits per heavy atom. The molecule has 2 rings (SSSR count). The second kappa shape index (κ2) is 8.75. The fraction of sp³-hybridized carbons (Fsp3) is 0.333. The molecule has 0 atom stereocenters. The van der Waals surface area contributed by atoms with E-state index in [9.17, 15) is 0 Å². The summed E-state index contributed by atoms with van der Waals surface area (Å²) in [5.74, 6) is 0. The monoisotopic (exact) mass is 332 g/mol. The van der Waals surface area contributed by atoms with E-state index in [-0.39, 0.29) is 16.1 Å². The molecule has 0 fully saturated rings. The van der Waals surface area contributed by atoms with Crippen LogP contribution in [0.5, 0.6) is 0 Å². The fourth-order valence-corrected chi connectivity index (χ4v) is 7.48. The van der Waals surface area contributed by atoms with E-state index in [0.717, 1.165) is 0 Å². The van der Waals surface area contributed by atoms with Crippen LogP contribution < -0.4 is 10.6 Å². The largest absolute Gasteiger partial charge is 0.276 e. The Labute approximate surface area is 137 Å². The molecule has 0 saturated heterocycles. The lowest BCUT2D eigenvalue weighted by Crippen LogP contribution is -2.22. The Kier molecular flexibility index (Phi) is 6.99. The zero-order chi connectivity index (χ0) is 15.9. The van der Waals surface area contributed by atoms with Crippen LogP contribution in [0, 0.1) is 0 Å². The molecule has 0 aliphatic carbocycles. The van der Waals surface area contributed by atoms with E-state index < -0.39 is 0 Å². The highest BCUT2D eigenvalue weighted by Gasteiger charge is 2.19. The van der Waals surface area contributed by atoms with Gasteiger partial charge in [0.2, 0.25) is 0 Å². The van der Waals surface area contributed by atoms with Crippen LogP contribution >= 0.6 is 16.1 Å². The Morgan fingerprint density at radius 1 is 0.636 bits per heavy atom. The molecular weight excluding hydrogens is 306 g/mol. The predicted molar refractivity (Wildman–Crippen MR) is 103 cm³/mol. The molecule has 2 aromatic carbocycles. The topological polar surface area (TPSA) is 6.48 Å². The molecule has 0 bridgehead atoms. The third-order valence-corrected chi connectivity index (χ3v) is 8.92. The van der Waals surface area contributed by atoms with Crippen LogP contribution in [0.25, 0.3) is 0 Å². The van der Waals surface area contributed by atoms with Crippen molar-refractivity contribution in [2.24, 2.45) is 0 Å². The van der Waals surface area contributed by atoms with Crippen molar-refractivity contribution in [3.8, 4) is 0 Å². The maximum atomic E-state index is 2.37. The molecule has 0 N–H and O–H groups in total. The van der Waals surface area contributed by atoms with Crippen molar-refractivity contribution in [3.63, 3.8) is 0 Å². The second-order valence-electron chi connectivity index (χ2n) is 5.61. The van der Waals surface area contributed by atoms with Gasteiger partial charge in [0, 0.05) is 8.22 Å². The van der Waals surface area contributed by atoms with Gasteiger partial charge in [-0.3, -0.25) is 9.34 Å². The first-order valence-electron chi connectivity index (χ1n) is 7.59. The highest BCUT2D eigenvalue weighted by molar-refractivity contribution is 7.73. The Bertz CT molecular complexity index is 496. The van der Waals surface area contributed by atoms with E-state index in [0.29, 0.717) is 0 Å². The Morgan fingerprint density at radius 3 is 1.41 bits per heavy atom. The summed E-state index contributed by atoms with van der Waals surface area (Å²) in [6.07, 6.45) is 2.48. The van der Waals surface area contributed by atoms with Crippen LogP contribution in [-0.4, -0.2) is 49.9 Å². The lowest BCUT2D eigenvalue weighted by molar-refractivity contribution is 0.574. The molecule has 2 aromatic rings. The molecule has 0 amide bonds. The zero-order valence-electron chi connectivity index (χ0n) is 14.0. The molecule has 118 valence electrons. The summed E-state index contributed by atoms with van der Waals surface area (Å²) < 4.78 is 4.75. The van der Waals surface area contributed by atoms with Crippen LogP contribution in [0.2, 0.25) is 0 Å². The van der Waals surface area contributed by atoms with Crippen LogP contribution in [0.1, 0.15) is 0 Å². The number of rotatable bonds is 7. The third-order valence-electron chi connectivity index (χ3n) is 3.58. The third kappa shape index (κ3) is 4.86. The lowest BCUT2D eigenvalue weighted by Gasteiger charge is -2.31. The molecule has 22 heavy (non-hydrogen) atoms. The molecule has 2 nitrogen and oxygen atoms in total. The van der Waals surface area contributed by atoms with Crippen molar-refractivity contribution in [2.75, 3.05) is 40.5 Å². The number of hydrogen-bond donors (Lipinski definition) is 0. The van der Waals surface area contributed by atoms with Crippen molar-refractivity contribution in [1.82, 2.24) is 9.34 Å².